The molecule has 0 aliphatic rings. The molecule has 38 heavy (non-hydrogen) atoms. The van der Waals surface area contributed by atoms with Gasteiger partial charge in [-0.05, 0) is 29.7 Å². The third-order valence-electron chi connectivity index (χ3n) is 6.02. The third-order valence-corrected chi connectivity index (χ3v) is 7.72. The zero-order valence-corrected chi connectivity index (χ0v) is 23.5. The van der Waals surface area contributed by atoms with E-state index in [1.165, 1.54) is 6.20 Å². The van der Waals surface area contributed by atoms with Crippen molar-refractivity contribution in [2.24, 2.45) is 11.7 Å². The fourth-order valence-corrected chi connectivity index (χ4v) is 4.63. The Morgan fingerprint density at radius 3 is 2.55 bits per heavy atom. The van der Waals surface area contributed by atoms with Crippen LogP contribution >= 0.6 is 0 Å². The number of nitrogens with two attached hydrogens (primary N) is 1. The van der Waals surface area contributed by atoms with Gasteiger partial charge >= 0.3 is 6.18 Å². The largest absolute Gasteiger partial charge is 0.405 e. The lowest BCUT2D eigenvalue weighted by Gasteiger charge is -2.23. The molecule has 208 valence electrons. The molecule has 0 saturated heterocycles. The molecule has 3 rings (SSSR count). The molecular formula is C26H37F3N6O2Si. The van der Waals surface area contributed by atoms with E-state index in [9.17, 15) is 18.0 Å². The highest BCUT2D eigenvalue weighted by Crippen LogP contribution is 2.32. The number of hydrogen-bond acceptors (Lipinski definition) is 6. The predicted molar refractivity (Wildman–Crippen MR) is 146 cm³/mol. The van der Waals surface area contributed by atoms with Crippen molar-refractivity contribution in [2.75, 3.05) is 18.5 Å². The van der Waals surface area contributed by atoms with Gasteiger partial charge in [0.15, 0.2) is 0 Å². The van der Waals surface area contributed by atoms with Crippen LogP contribution < -0.4 is 16.4 Å². The van der Waals surface area contributed by atoms with Gasteiger partial charge in [0.1, 0.15) is 25.0 Å². The molecule has 0 radical (unpaired) electrons. The number of halogens is 3. The average molecular weight is 551 g/mol. The smallest absolute Gasteiger partial charge is 0.372 e. The molecule has 0 fully saturated rings. The van der Waals surface area contributed by atoms with Crippen LogP contribution in [0.4, 0.5) is 18.9 Å². The summed E-state index contributed by atoms with van der Waals surface area (Å²) in [5.74, 6) is -0.995. The number of rotatable bonds is 12. The van der Waals surface area contributed by atoms with Gasteiger partial charge in [-0.1, -0.05) is 33.5 Å². The van der Waals surface area contributed by atoms with Gasteiger partial charge in [0.05, 0.1) is 5.69 Å². The Hall–Kier alpha value is -2.96. The van der Waals surface area contributed by atoms with Gasteiger partial charge in [0.25, 0.3) is 0 Å². The van der Waals surface area contributed by atoms with Crippen LogP contribution in [0.1, 0.15) is 19.4 Å². The molecule has 0 saturated carbocycles. The minimum Gasteiger partial charge on any atom is -0.372 e. The number of pyridine rings is 2. The van der Waals surface area contributed by atoms with Crippen molar-refractivity contribution in [3.63, 3.8) is 0 Å². The van der Waals surface area contributed by atoms with Crippen LogP contribution in [-0.4, -0.2) is 53.9 Å². The second kappa shape index (κ2) is 12.3. The first kappa shape index (κ1) is 29.6. The first-order valence-electron chi connectivity index (χ1n) is 12.6. The zero-order chi connectivity index (χ0) is 28.1. The molecule has 1 unspecified atom stereocenters. The number of carbonyl (C=O) groups excluding carboxylic acids is 1. The molecule has 1 atom stereocenters. The summed E-state index contributed by atoms with van der Waals surface area (Å²) in [5.41, 5.74) is 9.61. The average Bonchev–Trinajstić information content (AvgIpc) is 3.20. The number of fused-ring (bicyclic) bond motifs is 1. The van der Waals surface area contributed by atoms with E-state index in [2.05, 4.69) is 34.9 Å². The second-order valence-electron chi connectivity index (χ2n) is 10.9. The van der Waals surface area contributed by atoms with Crippen molar-refractivity contribution < 1.29 is 22.7 Å². The molecule has 3 aromatic rings. The Bertz CT molecular complexity index is 1240. The number of hydrogen-bond donors (Lipinski definition) is 3. The van der Waals surface area contributed by atoms with Crippen molar-refractivity contribution in [2.45, 2.75) is 65.0 Å². The summed E-state index contributed by atoms with van der Waals surface area (Å²) in [6.45, 7) is 10.4. The predicted octanol–water partition coefficient (Wildman–Crippen LogP) is 4.98. The number of anilines is 1. The Morgan fingerprint density at radius 1 is 1.18 bits per heavy atom. The van der Waals surface area contributed by atoms with E-state index >= 15 is 0 Å². The van der Waals surface area contributed by atoms with Gasteiger partial charge in [0.2, 0.25) is 5.91 Å². The van der Waals surface area contributed by atoms with Crippen LogP contribution in [0.15, 0.2) is 36.9 Å². The Labute approximate surface area is 222 Å². The third kappa shape index (κ3) is 8.27. The normalized spacial score (nSPS) is 13.2. The SMILES string of the molecule is CC(C)C(Nc1cncc(-c2cn(COCC[Si](C)(C)C)c3ncc(CN)cc23)c1)C(=O)NCC(F)(F)F. The number of carbonyl (C=O) groups is 1. The molecule has 12 heteroatoms. The topological polar surface area (TPSA) is 107 Å². The van der Waals surface area contributed by atoms with Crippen molar-refractivity contribution in [1.29, 1.82) is 0 Å². The quantitative estimate of drug-likeness (QED) is 0.217. The van der Waals surface area contributed by atoms with Gasteiger partial charge in [-0.2, -0.15) is 13.2 Å². The number of ether oxygens (including phenoxy) is 1. The summed E-state index contributed by atoms with van der Waals surface area (Å²) in [4.78, 5) is 21.4. The molecule has 1 amide bonds. The summed E-state index contributed by atoms with van der Waals surface area (Å²) in [7, 11) is -1.22. The maximum Gasteiger partial charge on any atom is 0.405 e. The maximum absolute atomic E-state index is 12.6. The van der Waals surface area contributed by atoms with Gasteiger partial charge < -0.3 is 25.7 Å². The molecule has 4 N–H and O–H groups in total. The molecular weight excluding hydrogens is 513 g/mol. The molecule has 0 aliphatic heterocycles. The van der Waals surface area contributed by atoms with Crippen molar-refractivity contribution >= 4 is 30.7 Å². The van der Waals surface area contributed by atoms with Crippen LogP contribution in [0.3, 0.4) is 0 Å². The van der Waals surface area contributed by atoms with Crippen molar-refractivity contribution in [3.8, 4) is 11.1 Å². The van der Waals surface area contributed by atoms with E-state index in [0.717, 1.165) is 33.8 Å². The van der Waals surface area contributed by atoms with E-state index in [1.807, 2.05) is 28.2 Å². The van der Waals surface area contributed by atoms with Gasteiger partial charge in [-0.25, -0.2) is 4.98 Å². The lowest BCUT2D eigenvalue weighted by molar-refractivity contribution is -0.139. The van der Waals surface area contributed by atoms with Crippen molar-refractivity contribution in [3.05, 3.63) is 42.5 Å². The van der Waals surface area contributed by atoms with Gasteiger partial charge in [-0.3, -0.25) is 9.78 Å². The second-order valence-corrected chi connectivity index (χ2v) is 16.6. The van der Waals surface area contributed by atoms with E-state index in [4.69, 9.17) is 10.5 Å². The van der Waals surface area contributed by atoms with E-state index in [0.29, 0.717) is 25.6 Å². The van der Waals surface area contributed by atoms with E-state index in [1.54, 1.807) is 26.2 Å². The van der Waals surface area contributed by atoms with Crippen molar-refractivity contribution in [1.82, 2.24) is 19.9 Å². The van der Waals surface area contributed by atoms with Gasteiger partial charge in [-0.15, -0.1) is 0 Å². The fourth-order valence-electron chi connectivity index (χ4n) is 3.87. The molecule has 0 spiro atoms. The number of nitrogens with zero attached hydrogens (tertiary/aromatic N) is 3. The highest BCUT2D eigenvalue weighted by molar-refractivity contribution is 6.76. The first-order chi connectivity index (χ1) is 17.8. The van der Waals surface area contributed by atoms with Crippen LogP contribution in [0.5, 0.6) is 0 Å². The summed E-state index contributed by atoms with van der Waals surface area (Å²) >= 11 is 0. The molecule has 0 bridgehead atoms. The Balaban J connectivity index is 1.88. The standard InChI is InChI=1S/C26H37F3N6O2Si/c1-17(2)23(25(36)33-15-26(27,28)29)34-20-9-19(12-31-13-20)22-14-35(16-37-6-7-38(3,4)5)24-21(22)8-18(10-30)11-32-24/h8-9,11-14,17,23,34H,6-7,10,15-16,30H2,1-5H3,(H,33,36). The van der Waals surface area contributed by atoms with Crippen LogP contribution in [0, 0.1) is 5.92 Å². The monoisotopic (exact) mass is 550 g/mol. The number of alkyl halides is 3. The highest BCUT2D eigenvalue weighted by Gasteiger charge is 2.30. The number of nitrogens with one attached hydrogen (secondary N) is 2. The summed E-state index contributed by atoms with van der Waals surface area (Å²) in [5, 5.41) is 5.89. The minimum atomic E-state index is -4.48. The number of amides is 1. The Kier molecular flexibility index (Phi) is 9.55. The minimum absolute atomic E-state index is 0.265. The zero-order valence-electron chi connectivity index (χ0n) is 22.5. The lowest BCUT2D eigenvalue weighted by Crippen LogP contribution is -2.46. The Morgan fingerprint density at radius 2 is 1.92 bits per heavy atom. The summed E-state index contributed by atoms with van der Waals surface area (Å²) < 4.78 is 45.8. The molecule has 8 nitrogen and oxygen atoms in total. The van der Waals surface area contributed by atoms with Crippen LogP contribution in [-0.2, 0) is 22.8 Å². The van der Waals surface area contributed by atoms with E-state index in [-0.39, 0.29) is 5.92 Å². The summed E-state index contributed by atoms with van der Waals surface area (Å²) in [6.07, 6.45) is 2.44. The first-order valence-corrected chi connectivity index (χ1v) is 16.3. The van der Waals surface area contributed by atoms with Gasteiger partial charge in [0, 0.05) is 62.5 Å². The molecule has 0 aromatic carbocycles. The number of aromatic nitrogens is 3. The molecule has 3 heterocycles. The van der Waals surface area contributed by atoms with E-state index < -0.39 is 32.7 Å². The van der Waals surface area contributed by atoms with Crippen LogP contribution in [0.25, 0.3) is 22.2 Å². The fraction of sp³-hybridized carbons (Fsp3) is 0.500. The molecule has 3 aromatic heterocycles. The lowest BCUT2D eigenvalue weighted by atomic mass is 10.0. The molecule has 0 aliphatic carbocycles. The highest BCUT2D eigenvalue weighted by atomic mass is 28.3. The summed E-state index contributed by atoms with van der Waals surface area (Å²) in [6, 6.07) is 3.98. The van der Waals surface area contributed by atoms with Crippen LogP contribution in [0.2, 0.25) is 25.7 Å². The maximum atomic E-state index is 12.6.